The molecule has 1 aliphatic heterocycles. The van der Waals surface area contributed by atoms with E-state index >= 15 is 0 Å². The third-order valence-corrected chi connectivity index (χ3v) is 7.47. The van der Waals surface area contributed by atoms with Crippen molar-refractivity contribution in [3.8, 4) is 23.0 Å². The fourth-order valence-corrected chi connectivity index (χ4v) is 5.61. The molecule has 1 amide bonds. The Morgan fingerprint density at radius 3 is 2.22 bits per heavy atom. The maximum atomic E-state index is 12.6. The summed E-state index contributed by atoms with van der Waals surface area (Å²) in [5.41, 5.74) is 0.822. The van der Waals surface area contributed by atoms with E-state index in [1.807, 2.05) is 56.3 Å². The maximum absolute atomic E-state index is 12.6. The number of hydrogen-bond donors (Lipinski definition) is 0. The predicted molar refractivity (Wildman–Crippen MR) is 158 cm³/mol. The van der Waals surface area contributed by atoms with Crippen LogP contribution in [0.3, 0.4) is 0 Å². The van der Waals surface area contributed by atoms with E-state index < -0.39 is 0 Å². The Hall–Kier alpha value is -2.23. The van der Waals surface area contributed by atoms with Gasteiger partial charge in [-0.2, -0.15) is 0 Å². The van der Waals surface area contributed by atoms with Crippen LogP contribution in [0.25, 0.3) is 6.08 Å². The van der Waals surface area contributed by atoms with Crippen LogP contribution in [0.1, 0.15) is 52.0 Å². The van der Waals surface area contributed by atoms with Crippen molar-refractivity contribution in [2.24, 2.45) is 0 Å². The van der Waals surface area contributed by atoms with E-state index in [0.29, 0.717) is 47.1 Å². The van der Waals surface area contributed by atoms with Gasteiger partial charge >= 0.3 is 0 Å². The number of halogens is 1. The topological polar surface area (TPSA) is 57.2 Å². The number of rotatable bonds is 15. The molecule has 0 aromatic heterocycles. The van der Waals surface area contributed by atoms with Crippen LogP contribution in [0, 0.1) is 0 Å². The van der Waals surface area contributed by atoms with Crippen molar-refractivity contribution in [1.82, 2.24) is 4.90 Å². The molecule has 200 valence electrons. The monoisotopic (exact) mass is 607 g/mol. The Morgan fingerprint density at radius 1 is 0.919 bits per heavy atom. The molecule has 0 radical (unpaired) electrons. The summed E-state index contributed by atoms with van der Waals surface area (Å²) >= 11 is 10.2. The standard InChI is InChI=1S/C28H34BrNO5S2/c1-4-7-8-9-14-33-21-10-12-22(13-11-21)34-15-16-35-26-23(29)17-20(18-24(26)32-6-3)19-25-27(31)30(5-2)28(36)37-25/h10-13,17-19H,4-9,14-16H2,1-3H3. The molecule has 0 unspecified atom stereocenters. The Labute approximate surface area is 237 Å². The number of ether oxygens (including phenoxy) is 4. The van der Waals surface area contributed by atoms with Crippen LogP contribution in [0.5, 0.6) is 23.0 Å². The van der Waals surface area contributed by atoms with Gasteiger partial charge in [-0.25, -0.2) is 0 Å². The lowest BCUT2D eigenvalue weighted by Gasteiger charge is -2.15. The minimum atomic E-state index is -0.0735. The second-order valence-electron chi connectivity index (χ2n) is 8.27. The molecule has 0 N–H and O–H groups in total. The first-order valence-electron chi connectivity index (χ1n) is 12.7. The molecule has 1 aliphatic rings. The number of carbonyl (C=O) groups excluding carboxylic acids is 1. The molecule has 1 saturated heterocycles. The number of hydrogen-bond acceptors (Lipinski definition) is 7. The smallest absolute Gasteiger partial charge is 0.266 e. The Bertz CT molecular complexity index is 1090. The van der Waals surface area contributed by atoms with Crippen LogP contribution < -0.4 is 18.9 Å². The molecule has 0 saturated carbocycles. The van der Waals surface area contributed by atoms with Gasteiger partial charge < -0.3 is 18.9 Å². The van der Waals surface area contributed by atoms with Crippen LogP contribution in [-0.4, -0.2) is 48.1 Å². The van der Waals surface area contributed by atoms with E-state index in [9.17, 15) is 4.79 Å². The van der Waals surface area contributed by atoms with Crippen LogP contribution in [-0.2, 0) is 4.79 Å². The average Bonchev–Trinajstić information content (AvgIpc) is 3.15. The van der Waals surface area contributed by atoms with Gasteiger partial charge in [0.25, 0.3) is 5.91 Å². The molecular weight excluding hydrogens is 574 g/mol. The van der Waals surface area contributed by atoms with Crippen molar-refractivity contribution in [3.05, 3.63) is 51.3 Å². The van der Waals surface area contributed by atoms with E-state index in [4.69, 9.17) is 31.2 Å². The van der Waals surface area contributed by atoms with Crippen LogP contribution in [0.15, 0.2) is 45.8 Å². The molecule has 1 fully saturated rings. The Morgan fingerprint density at radius 2 is 1.59 bits per heavy atom. The largest absolute Gasteiger partial charge is 0.494 e. The first-order chi connectivity index (χ1) is 18.0. The van der Waals surface area contributed by atoms with Gasteiger partial charge in [0, 0.05) is 6.54 Å². The minimum Gasteiger partial charge on any atom is -0.494 e. The SMILES string of the molecule is CCCCCCOc1ccc(OCCOc2c(Br)cc(C=C3SC(=S)N(CC)C3=O)cc2OCC)cc1. The van der Waals surface area contributed by atoms with Gasteiger partial charge in [0.2, 0.25) is 0 Å². The molecule has 3 rings (SSSR count). The first kappa shape index (κ1) is 29.3. The lowest BCUT2D eigenvalue weighted by Crippen LogP contribution is -2.27. The quantitative estimate of drug-likeness (QED) is 0.118. The highest BCUT2D eigenvalue weighted by Crippen LogP contribution is 2.39. The van der Waals surface area contributed by atoms with Gasteiger partial charge in [0.1, 0.15) is 29.0 Å². The lowest BCUT2D eigenvalue weighted by molar-refractivity contribution is -0.121. The van der Waals surface area contributed by atoms with Crippen LogP contribution in [0.2, 0.25) is 0 Å². The van der Waals surface area contributed by atoms with Crippen LogP contribution >= 0.6 is 39.9 Å². The summed E-state index contributed by atoms with van der Waals surface area (Å²) in [6, 6.07) is 11.4. The van der Waals surface area contributed by atoms with E-state index in [2.05, 4.69) is 22.9 Å². The molecule has 1 heterocycles. The molecular formula is C28H34BrNO5S2. The van der Waals surface area contributed by atoms with Crippen molar-refractivity contribution in [1.29, 1.82) is 0 Å². The van der Waals surface area contributed by atoms with Gasteiger partial charge in [-0.1, -0.05) is 50.2 Å². The van der Waals surface area contributed by atoms with Crippen molar-refractivity contribution >= 4 is 56.2 Å². The highest BCUT2D eigenvalue weighted by atomic mass is 79.9. The maximum Gasteiger partial charge on any atom is 0.266 e. The van der Waals surface area contributed by atoms with Gasteiger partial charge in [0.05, 0.1) is 22.6 Å². The average molecular weight is 609 g/mol. The third-order valence-electron chi connectivity index (χ3n) is 5.51. The zero-order valence-electron chi connectivity index (χ0n) is 21.6. The third kappa shape index (κ3) is 8.65. The number of carbonyl (C=O) groups is 1. The zero-order valence-corrected chi connectivity index (χ0v) is 24.8. The molecule has 0 bridgehead atoms. The number of likely N-dealkylation sites (N-methyl/N-ethyl adjacent to an activating group) is 1. The van der Waals surface area contributed by atoms with E-state index in [1.165, 1.54) is 31.0 Å². The highest BCUT2D eigenvalue weighted by molar-refractivity contribution is 9.10. The molecule has 0 atom stereocenters. The van der Waals surface area contributed by atoms with Gasteiger partial charge in [-0.05, 0) is 84.2 Å². The highest BCUT2D eigenvalue weighted by Gasteiger charge is 2.30. The fourth-order valence-electron chi connectivity index (χ4n) is 3.65. The fraction of sp³-hybridized carbons (Fsp3) is 0.429. The normalized spacial score (nSPS) is 14.4. The van der Waals surface area contributed by atoms with Crippen molar-refractivity contribution in [3.63, 3.8) is 0 Å². The predicted octanol–water partition coefficient (Wildman–Crippen LogP) is 7.49. The molecule has 2 aromatic carbocycles. The molecule has 2 aromatic rings. The molecule has 9 heteroatoms. The molecule has 0 spiro atoms. The minimum absolute atomic E-state index is 0.0735. The van der Waals surface area contributed by atoms with Crippen molar-refractivity contribution < 1.29 is 23.7 Å². The lowest BCUT2D eigenvalue weighted by atomic mass is 10.2. The van der Waals surface area contributed by atoms with E-state index in [-0.39, 0.29) is 5.91 Å². The number of thioether (sulfide) groups is 1. The van der Waals surface area contributed by atoms with Gasteiger partial charge in [0.15, 0.2) is 11.5 Å². The van der Waals surface area contributed by atoms with Gasteiger partial charge in [-0.15, -0.1) is 0 Å². The number of thiocarbonyl (C=S) groups is 1. The summed E-state index contributed by atoms with van der Waals surface area (Å²) < 4.78 is 24.8. The second-order valence-corrected chi connectivity index (χ2v) is 10.8. The van der Waals surface area contributed by atoms with Crippen molar-refractivity contribution in [2.75, 3.05) is 33.0 Å². The van der Waals surface area contributed by atoms with E-state index in [0.717, 1.165) is 34.6 Å². The molecule has 6 nitrogen and oxygen atoms in total. The van der Waals surface area contributed by atoms with E-state index in [1.54, 1.807) is 4.90 Å². The molecule has 37 heavy (non-hydrogen) atoms. The summed E-state index contributed by atoms with van der Waals surface area (Å²) in [7, 11) is 0. The Balaban J connectivity index is 1.55. The van der Waals surface area contributed by atoms with Gasteiger partial charge in [-0.3, -0.25) is 9.69 Å². The number of amides is 1. The Kier molecular flexibility index (Phi) is 12.1. The number of benzene rings is 2. The second kappa shape index (κ2) is 15.2. The summed E-state index contributed by atoms with van der Waals surface area (Å²) in [5.74, 6) is 2.72. The summed E-state index contributed by atoms with van der Waals surface area (Å²) in [6.07, 6.45) is 6.57. The van der Waals surface area contributed by atoms with Crippen molar-refractivity contribution in [2.45, 2.75) is 46.5 Å². The molecule has 0 aliphatic carbocycles. The van der Waals surface area contributed by atoms with Crippen LogP contribution in [0.4, 0.5) is 0 Å². The summed E-state index contributed by atoms with van der Waals surface area (Å²) in [5, 5.41) is 0. The number of unbranched alkanes of at least 4 members (excludes halogenated alkanes) is 3. The number of nitrogens with zero attached hydrogens (tertiary/aromatic N) is 1. The summed E-state index contributed by atoms with van der Waals surface area (Å²) in [6.45, 7) is 8.51. The zero-order chi connectivity index (χ0) is 26.6. The first-order valence-corrected chi connectivity index (χ1v) is 14.7. The summed E-state index contributed by atoms with van der Waals surface area (Å²) in [4.78, 5) is 14.8.